The predicted molar refractivity (Wildman–Crippen MR) is 91.8 cm³/mol. The number of piperidine rings is 1. The number of nitrogens with one attached hydrogen (secondary N) is 1. The van der Waals surface area contributed by atoms with Crippen molar-refractivity contribution in [3.8, 4) is 0 Å². The average Bonchev–Trinajstić information content (AvgIpc) is 2.83. The van der Waals surface area contributed by atoms with Gasteiger partial charge < -0.3 is 9.88 Å². The van der Waals surface area contributed by atoms with Crippen molar-refractivity contribution in [1.82, 2.24) is 9.88 Å². The summed E-state index contributed by atoms with van der Waals surface area (Å²) in [6.07, 6.45) is 1.89. The third kappa shape index (κ3) is 2.84. The Labute approximate surface area is 140 Å². The van der Waals surface area contributed by atoms with Crippen molar-refractivity contribution < 1.29 is 4.79 Å². The van der Waals surface area contributed by atoms with Crippen molar-refractivity contribution in [2.75, 3.05) is 13.1 Å². The summed E-state index contributed by atoms with van der Waals surface area (Å²) in [5.41, 5.74) is 5.10. The van der Waals surface area contributed by atoms with E-state index in [4.69, 9.17) is 23.2 Å². The number of halogens is 2. The Morgan fingerprint density at radius 3 is 2.59 bits per heavy atom. The van der Waals surface area contributed by atoms with E-state index in [-0.39, 0.29) is 5.91 Å². The van der Waals surface area contributed by atoms with Crippen LogP contribution in [-0.2, 0) is 4.79 Å². The monoisotopic (exact) mass is 338 g/mol. The molecule has 2 heterocycles. The number of likely N-dealkylation sites (tertiary alicyclic amines) is 1. The lowest BCUT2D eigenvalue weighted by atomic mass is 9.91. The number of amides is 1. The third-order valence-electron chi connectivity index (χ3n) is 4.65. The van der Waals surface area contributed by atoms with Gasteiger partial charge in [-0.25, -0.2) is 0 Å². The minimum absolute atomic E-state index is 0.175. The third-order valence-corrected chi connectivity index (χ3v) is 5.03. The zero-order valence-electron chi connectivity index (χ0n) is 12.8. The Kier molecular flexibility index (Phi) is 4.37. The van der Waals surface area contributed by atoms with Gasteiger partial charge in [-0.1, -0.05) is 34.8 Å². The van der Waals surface area contributed by atoms with Crippen LogP contribution in [0.4, 0.5) is 0 Å². The number of hydrogen-bond donors (Lipinski definition) is 1. The largest absolute Gasteiger partial charge is 0.358 e. The quantitative estimate of drug-likeness (QED) is 0.814. The molecule has 0 saturated carbocycles. The van der Waals surface area contributed by atoms with E-state index < -0.39 is 4.84 Å². The molecule has 5 heteroatoms. The Balaban J connectivity index is 1.79. The number of fused-ring (bicyclic) bond motifs is 1. The van der Waals surface area contributed by atoms with Crippen LogP contribution < -0.4 is 0 Å². The number of carbonyl (C=O) groups excluding carboxylic acids is 1. The Morgan fingerprint density at radius 1 is 1.27 bits per heavy atom. The van der Waals surface area contributed by atoms with Crippen LogP contribution in [0.2, 0.25) is 0 Å². The van der Waals surface area contributed by atoms with Gasteiger partial charge in [-0.2, -0.15) is 0 Å². The summed E-state index contributed by atoms with van der Waals surface area (Å²) in [6.45, 7) is 5.73. The highest BCUT2D eigenvalue weighted by molar-refractivity contribution is 6.53. The van der Waals surface area contributed by atoms with Crippen molar-refractivity contribution in [1.29, 1.82) is 0 Å². The average molecular weight is 339 g/mol. The fraction of sp³-hybridized carbons (Fsp3) is 0.471. The first-order valence-electron chi connectivity index (χ1n) is 7.63. The first-order chi connectivity index (χ1) is 10.5. The smallest absolute Gasteiger partial charge is 0.255 e. The van der Waals surface area contributed by atoms with Crippen molar-refractivity contribution >= 4 is 40.0 Å². The van der Waals surface area contributed by atoms with Gasteiger partial charge in [0.2, 0.25) is 0 Å². The second-order valence-corrected chi connectivity index (χ2v) is 7.21. The van der Waals surface area contributed by atoms with Crippen LogP contribution in [0.15, 0.2) is 18.2 Å². The van der Waals surface area contributed by atoms with Gasteiger partial charge in [0.25, 0.3) is 5.91 Å². The van der Waals surface area contributed by atoms with E-state index in [1.54, 1.807) is 4.90 Å². The molecule has 0 atom stereocenters. The summed E-state index contributed by atoms with van der Waals surface area (Å²) in [5, 5.41) is 1.30. The van der Waals surface area contributed by atoms with Gasteiger partial charge in [-0.15, -0.1) is 0 Å². The molecule has 0 spiro atoms. The first-order valence-corrected chi connectivity index (χ1v) is 8.50. The molecule has 1 saturated heterocycles. The molecular weight excluding hydrogens is 319 g/mol. The number of aromatic nitrogens is 1. The van der Waals surface area contributed by atoms with E-state index in [0.29, 0.717) is 19.0 Å². The van der Waals surface area contributed by atoms with Gasteiger partial charge >= 0.3 is 0 Å². The van der Waals surface area contributed by atoms with Crippen molar-refractivity contribution in [3.05, 3.63) is 35.0 Å². The number of aryl methyl sites for hydroxylation is 2. The van der Waals surface area contributed by atoms with Crippen LogP contribution in [-0.4, -0.2) is 33.7 Å². The number of rotatable bonds is 2. The number of aromatic amines is 1. The van der Waals surface area contributed by atoms with E-state index in [2.05, 4.69) is 37.0 Å². The van der Waals surface area contributed by atoms with Crippen LogP contribution in [0.25, 0.3) is 10.9 Å². The van der Waals surface area contributed by atoms with E-state index in [0.717, 1.165) is 12.8 Å². The summed E-state index contributed by atoms with van der Waals surface area (Å²) in [7, 11) is 0. The van der Waals surface area contributed by atoms with Gasteiger partial charge in [-0.05, 0) is 44.4 Å². The predicted octanol–water partition coefficient (Wildman–Crippen LogP) is 4.29. The molecule has 3 rings (SSSR count). The molecule has 2 aromatic rings. The number of nitrogens with zero attached hydrogens (tertiary/aromatic N) is 1. The first kappa shape index (κ1) is 15.7. The van der Waals surface area contributed by atoms with Gasteiger partial charge in [0.15, 0.2) is 4.84 Å². The maximum Gasteiger partial charge on any atom is 0.255 e. The highest BCUT2D eigenvalue weighted by Gasteiger charge is 2.28. The maximum absolute atomic E-state index is 11.8. The molecule has 1 N–H and O–H groups in total. The van der Waals surface area contributed by atoms with Crippen molar-refractivity contribution in [2.24, 2.45) is 0 Å². The fourth-order valence-corrected chi connectivity index (χ4v) is 3.67. The zero-order chi connectivity index (χ0) is 15.9. The molecule has 1 aliphatic rings. The molecule has 0 aliphatic carbocycles. The molecule has 118 valence electrons. The Morgan fingerprint density at radius 2 is 1.95 bits per heavy atom. The molecular formula is C17H20Cl2N2O. The second kappa shape index (κ2) is 6.13. The molecule has 1 fully saturated rings. The van der Waals surface area contributed by atoms with Gasteiger partial charge in [-0.3, -0.25) is 4.79 Å². The molecule has 1 aromatic carbocycles. The van der Waals surface area contributed by atoms with E-state index >= 15 is 0 Å². The molecule has 1 amide bonds. The van der Waals surface area contributed by atoms with Crippen LogP contribution in [0.5, 0.6) is 0 Å². The standard InChI is InChI=1S/C17H20Cl2N2O/c1-10-3-4-14-13(9-10)11(2)15(20-14)12-5-7-21(8-6-12)17(22)16(18)19/h3-4,9,12,16,20H,5-8H2,1-2H3. The van der Waals surface area contributed by atoms with Gasteiger partial charge in [0.05, 0.1) is 0 Å². The second-order valence-electron chi connectivity index (χ2n) is 6.11. The number of carbonyl (C=O) groups is 1. The van der Waals surface area contributed by atoms with E-state index in [1.165, 1.54) is 27.7 Å². The maximum atomic E-state index is 11.8. The molecule has 0 radical (unpaired) electrons. The SMILES string of the molecule is Cc1ccc2[nH]c(C3CCN(C(=O)C(Cl)Cl)CC3)c(C)c2c1. The van der Waals surface area contributed by atoms with Crippen LogP contribution in [0.1, 0.15) is 35.6 Å². The number of H-pyrrole nitrogens is 1. The minimum atomic E-state index is -0.950. The lowest BCUT2D eigenvalue weighted by Gasteiger charge is -2.32. The molecule has 22 heavy (non-hydrogen) atoms. The highest BCUT2D eigenvalue weighted by atomic mass is 35.5. The number of benzene rings is 1. The van der Waals surface area contributed by atoms with Crippen LogP contribution in [0, 0.1) is 13.8 Å². The summed E-state index contributed by atoms with van der Waals surface area (Å²) < 4.78 is 0. The molecule has 1 aromatic heterocycles. The summed E-state index contributed by atoms with van der Waals surface area (Å²) in [6, 6.07) is 6.50. The zero-order valence-corrected chi connectivity index (χ0v) is 14.3. The van der Waals surface area contributed by atoms with Crippen molar-refractivity contribution in [2.45, 2.75) is 37.4 Å². The summed E-state index contributed by atoms with van der Waals surface area (Å²) >= 11 is 11.4. The Bertz CT molecular complexity index is 700. The Hall–Kier alpha value is -1.19. The lowest BCUT2D eigenvalue weighted by molar-refractivity contribution is -0.130. The fourth-order valence-electron chi connectivity index (χ4n) is 3.40. The van der Waals surface area contributed by atoms with Crippen molar-refractivity contribution in [3.63, 3.8) is 0 Å². The van der Waals surface area contributed by atoms with Gasteiger partial charge in [0.1, 0.15) is 0 Å². The van der Waals surface area contributed by atoms with Crippen LogP contribution in [0.3, 0.4) is 0 Å². The van der Waals surface area contributed by atoms with Crippen LogP contribution >= 0.6 is 23.2 Å². The summed E-state index contributed by atoms with van der Waals surface area (Å²) in [5.74, 6) is 0.284. The van der Waals surface area contributed by atoms with Gasteiger partial charge in [0, 0.05) is 35.6 Å². The molecule has 0 unspecified atom stereocenters. The van der Waals surface area contributed by atoms with E-state index in [9.17, 15) is 4.79 Å². The number of hydrogen-bond acceptors (Lipinski definition) is 1. The topological polar surface area (TPSA) is 36.1 Å². The summed E-state index contributed by atoms with van der Waals surface area (Å²) in [4.78, 5) is 16.2. The number of alkyl halides is 2. The minimum Gasteiger partial charge on any atom is -0.358 e. The van der Waals surface area contributed by atoms with E-state index in [1.807, 2.05) is 0 Å². The molecule has 0 bridgehead atoms. The molecule has 3 nitrogen and oxygen atoms in total. The lowest BCUT2D eigenvalue weighted by Crippen LogP contribution is -2.40. The highest BCUT2D eigenvalue weighted by Crippen LogP contribution is 2.34. The molecule has 1 aliphatic heterocycles. The normalized spacial score (nSPS) is 16.7.